The van der Waals surface area contributed by atoms with Crippen LogP contribution in [0.5, 0.6) is 0 Å². The SMILES string of the molecule is COC(=O)c1ccncc1NC[C@@H]1CCCc2cc(N(C)C3=Cc4occc4C(C)C3)ccc21. The highest BCUT2D eigenvalue weighted by molar-refractivity contribution is 5.95. The number of allylic oxidation sites excluding steroid dienone is 1. The van der Waals surface area contributed by atoms with Crippen molar-refractivity contribution in [3.8, 4) is 0 Å². The average molecular weight is 458 g/mol. The van der Waals surface area contributed by atoms with Gasteiger partial charge in [-0.2, -0.15) is 0 Å². The second kappa shape index (κ2) is 9.37. The average Bonchev–Trinajstić information content (AvgIpc) is 3.36. The molecule has 0 saturated heterocycles. The summed E-state index contributed by atoms with van der Waals surface area (Å²) in [6.45, 7) is 3.01. The molecule has 2 aliphatic carbocycles. The summed E-state index contributed by atoms with van der Waals surface area (Å²) in [5.74, 6) is 1.46. The number of ether oxygens (including phenoxy) is 1. The van der Waals surface area contributed by atoms with E-state index < -0.39 is 0 Å². The summed E-state index contributed by atoms with van der Waals surface area (Å²) < 4.78 is 10.6. The Morgan fingerprint density at radius 2 is 2.15 bits per heavy atom. The lowest BCUT2D eigenvalue weighted by atomic mass is 9.82. The molecule has 1 aromatic carbocycles. The molecule has 176 valence electrons. The molecule has 34 heavy (non-hydrogen) atoms. The van der Waals surface area contributed by atoms with Crippen LogP contribution in [0, 0.1) is 0 Å². The van der Waals surface area contributed by atoms with Gasteiger partial charge in [-0.1, -0.05) is 13.0 Å². The van der Waals surface area contributed by atoms with Crippen LogP contribution in [0.3, 0.4) is 0 Å². The molecule has 0 saturated carbocycles. The highest BCUT2D eigenvalue weighted by Crippen LogP contribution is 2.38. The number of carbonyl (C=O) groups excluding carboxylic acids is 1. The first-order valence-corrected chi connectivity index (χ1v) is 12.0. The summed E-state index contributed by atoms with van der Waals surface area (Å²) in [5, 5.41) is 3.45. The van der Waals surface area contributed by atoms with Crippen LogP contribution in [-0.2, 0) is 11.2 Å². The number of aromatic nitrogens is 1. The number of nitrogens with zero attached hydrogens (tertiary/aromatic N) is 2. The highest BCUT2D eigenvalue weighted by atomic mass is 16.5. The fraction of sp³-hybridized carbons (Fsp3) is 0.357. The van der Waals surface area contributed by atoms with Gasteiger partial charge in [-0.25, -0.2) is 4.79 Å². The molecule has 0 fully saturated rings. The smallest absolute Gasteiger partial charge is 0.340 e. The Morgan fingerprint density at radius 3 is 3.00 bits per heavy atom. The first-order valence-electron chi connectivity index (χ1n) is 12.0. The van der Waals surface area contributed by atoms with E-state index in [2.05, 4.69) is 59.5 Å². The summed E-state index contributed by atoms with van der Waals surface area (Å²) in [7, 11) is 3.54. The molecule has 6 nitrogen and oxygen atoms in total. The Balaban J connectivity index is 1.34. The Labute approximate surface area is 200 Å². The predicted octanol–water partition coefficient (Wildman–Crippen LogP) is 5.98. The number of pyridine rings is 1. The quantitative estimate of drug-likeness (QED) is 0.460. The van der Waals surface area contributed by atoms with Gasteiger partial charge in [0, 0.05) is 48.7 Å². The van der Waals surface area contributed by atoms with E-state index >= 15 is 0 Å². The first-order chi connectivity index (χ1) is 16.5. The van der Waals surface area contributed by atoms with Crippen LogP contribution in [0.2, 0.25) is 0 Å². The van der Waals surface area contributed by atoms with E-state index in [1.807, 2.05) is 0 Å². The van der Waals surface area contributed by atoms with Crippen molar-refractivity contribution in [2.75, 3.05) is 30.9 Å². The highest BCUT2D eigenvalue weighted by Gasteiger charge is 2.25. The molecule has 1 N–H and O–H groups in total. The third kappa shape index (κ3) is 4.20. The van der Waals surface area contributed by atoms with Gasteiger partial charge in [0.25, 0.3) is 0 Å². The van der Waals surface area contributed by atoms with Crippen molar-refractivity contribution < 1.29 is 13.9 Å². The zero-order valence-electron chi connectivity index (χ0n) is 20.0. The van der Waals surface area contributed by atoms with E-state index in [1.165, 1.54) is 35.2 Å². The molecule has 2 aliphatic rings. The monoisotopic (exact) mass is 457 g/mol. The molecule has 0 aliphatic heterocycles. The van der Waals surface area contributed by atoms with Gasteiger partial charge in [-0.05, 0) is 67.0 Å². The molecule has 1 unspecified atom stereocenters. The zero-order chi connectivity index (χ0) is 23.7. The van der Waals surface area contributed by atoms with Crippen LogP contribution in [-0.4, -0.2) is 31.7 Å². The lowest BCUT2D eigenvalue weighted by Crippen LogP contribution is -2.22. The van der Waals surface area contributed by atoms with Gasteiger partial charge < -0.3 is 19.4 Å². The Hall–Kier alpha value is -3.54. The number of furan rings is 1. The van der Waals surface area contributed by atoms with E-state index in [1.54, 1.807) is 24.7 Å². The number of anilines is 2. The maximum absolute atomic E-state index is 12.1. The van der Waals surface area contributed by atoms with Gasteiger partial charge in [-0.15, -0.1) is 0 Å². The molecular formula is C28H31N3O3. The fourth-order valence-electron chi connectivity index (χ4n) is 5.27. The lowest BCUT2D eigenvalue weighted by Gasteiger charge is -2.31. The third-order valence-electron chi connectivity index (χ3n) is 7.22. The summed E-state index contributed by atoms with van der Waals surface area (Å²) in [6.07, 6.45) is 11.6. The van der Waals surface area contributed by atoms with Crippen molar-refractivity contribution >= 4 is 23.4 Å². The van der Waals surface area contributed by atoms with Crippen LogP contribution < -0.4 is 10.2 Å². The number of benzene rings is 1. The van der Waals surface area contributed by atoms with Crippen LogP contribution in [0.25, 0.3) is 6.08 Å². The minimum Gasteiger partial charge on any atom is -0.465 e. The summed E-state index contributed by atoms with van der Waals surface area (Å²) >= 11 is 0. The van der Waals surface area contributed by atoms with E-state index in [-0.39, 0.29) is 5.97 Å². The Kier molecular flexibility index (Phi) is 6.14. The van der Waals surface area contributed by atoms with Gasteiger partial charge in [0.1, 0.15) is 5.76 Å². The van der Waals surface area contributed by atoms with Gasteiger partial charge in [0.2, 0.25) is 0 Å². The van der Waals surface area contributed by atoms with Crippen LogP contribution in [0.15, 0.2) is 59.1 Å². The summed E-state index contributed by atoms with van der Waals surface area (Å²) in [4.78, 5) is 18.6. The van der Waals surface area contributed by atoms with Gasteiger partial charge in [0.05, 0.1) is 30.8 Å². The zero-order valence-corrected chi connectivity index (χ0v) is 20.0. The second-order valence-electron chi connectivity index (χ2n) is 9.31. The van der Waals surface area contributed by atoms with E-state index in [4.69, 9.17) is 9.15 Å². The standard InChI is InChI=1S/C28H31N3O3/c1-18-13-22(15-27-23(18)10-12-34-27)31(2)21-7-8-24-19(14-21)5-4-6-20(24)16-30-26-17-29-11-9-25(26)28(32)33-3/h7-12,14-15,17-18,20,30H,4-6,13,16H2,1-3H3/t18?,20-/m0/s1. The molecule has 2 heterocycles. The molecule has 0 bridgehead atoms. The molecule has 2 aromatic heterocycles. The lowest BCUT2D eigenvalue weighted by molar-refractivity contribution is 0.0601. The maximum atomic E-state index is 12.1. The molecular weight excluding hydrogens is 426 g/mol. The van der Waals surface area contributed by atoms with Crippen molar-refractivity contribution in [1.82, 2.24) is 4.98 Å². The number of carbonyl (C=O) groups is 1. The third-order valence-corrected chi connectivity index (χ3v) is 7.22. The number of rotatable bonds is 6. The second-order valence-corrected chi connectivity index (χ2v) is 9.31. The predicted molar refractivity (Wildman–Crippen MR) is 134 cm³/mol. The number of hydrogen-bond donors (Lipinski definition) is 1. The molecule has 5 rings (SSSR count). The number of aryl methyl sites for hydroxylation is 1. The minimum absolute atomic E-state index is 0.352. The van der Waals surface area contributed by atoms with Gasteiger partial charge >= 0.3 is 5.97 Å². The molecule has 6 heteroatoms. The van der Waals surface area contributed by atoms with Crippen molar-refractivity contribution in [3.05, 3.63) is 82.7 Å². The van der Waals surface area contributed by atoms with E-state index in [9.17, 15) is 4.79 Å². The molecule has 0 amide bonds. The maximum Gasteiger partial charge on any atom is 0.340 e. The molecule has 0 spiro atoms. The van der Waals surface area contributed by atoms with Crippen molar-refractivity contribution in [3.63, 3.8) is 0 Å². The Bertz CT molecular complexity index is 1230. The summed E-state index contributed by atoms with van der Waals surface area (Å²) in [6, 6.07) is 10.6. The normalized spacial score (nSPS) is 19.0. The number of fused-ring (bicyclic) bond motifs is 2. The molecule has 2 atom stereocenters. The summed E-state index contributed by atoms with van der Waals surface area (Å²) in [5.41, 5.74) is 7.80. The number of nitrogens with one attached hydrogen (secondary N) is 1. The number of esters is 1. The minimum atomic E-state index is -0.352. The molecule has 0 radical (unpaired) electrons. The number of methoxy groups -OCH3 is 1. The van der Waals surface area contributed by atoms with Crippen LogP contribution in [0.1, 0.15) is 70.8 Å². The van der Waals surface area contributed by atoms with Crippen molar-refractivity contribution in [2.24, 2.45) is 0 Å². The Morgan fingerprint density at radius 1 is 1.26 bits per heavy atom. The number of hydrogen-bond acceptors (Lipinski definition) is 6. The van der Waals surface area contributed by atoms with E-state index in [0.29, 0.717) is 23.1 Å². The fourth-order valence-corrected chi connectivity index (χ4v) is 5.27. The van der Waals surface area contributed by atoms with Crippen LogP contribution >= 0.6 is 0 Å². The van der Waals surface area contributed by atoms with E-state index in [0.717, 1.165) is 38.0 Å². The van der Waals surface area contributed by atoms with Gasteiger partial charge in [-0.3, -0.25) is 4.98 Å². The largest absolute Gasteiger partial charge is 0.465 e. The van der Waals surface area contributed by atoms with Crippen molar-refractivity contribution in [1.29, 1.82) is 0 Å². The first kappa shape index (κ1) is 22.3. The molecule has 3 aromatic rings. The topological polar surface area (TPSA) is 67.6 Å². The van der Waals surface area contributed by atoms with Gasteiger partial charge in [0.15, 0.2) is 0 Å². The van der Waals surface area contributed by atoms with Crippen molar-refractivity contribution in [2.45, 2.75) is 44.4 Å². The van der Waals surface area contributed by atoms with Crippen LogP contribution in [0.4, 0.5) is 11.4 Å².